The molecule has 0 saturated carbocycles. The largest absolute Gasteiger partial charge is 0.491 e. The van der Waals surface area contributed by atoms with E-state index in [1.165, 1.54) is 7.11 Å². The molecule has 0 heterocycles. The lowest BCUT2D eigenvalue weighted by molar-refractivity contribution is -0.138. The van der Waals surface area contributed by atoms with Crippen LogP contribution in [0.5, 0.6) is 5.75 Å². The van der Waals surface area contributed by atoms with E-state index in [-0.39, 0.29) is 25.5 Å². The van der Waals surface area contributed by atoms with Crippen LogP contribution in [0.3, 0.4) is 0 Å². The van der Waals surface area contributed by atoms with Crippen molar-refractivity contribution in [2.24, 2.45) is 0 Å². The maximum atomic E-state index is 14.0. The Morgan fingerprint density at radius 2 is 1.86 bits per heavy atom. The first-order valence-corrected chi connectivity index (χ1v) is 11.4. The first-order chi connectivity index (χ1) is 17.3. The van der Waals surface area contributed by atoms with Crippen LogP contribution in [0.1, 0.15) is 38.4 Å². The number of methoxy groups -OCH3 is 1. The molecule has 36 heavy (non-hydrogen) atoms. The summed E-state index contributed by atoms with van der Waals surface area (Å²) >= 11 is 0. The fraction of sp³-hybridized carbons (Fsp3) is 0.385. The summed E-state index contributed by atoms with van der Waals surface area (Å²) in [5.41, 5.74) is 0.771. The van der Waals surface area contributed by atoms with Gasteiger partial charge in [0.05, 0.1) is 25.0 Å². The van der Waals surface area contributed by atoms with E-state index in [0.29, 0.717) is 35.8 Å². The van der Waals surface area contributed by atoms with E-state index < -0.39 is 35.9 Å². The number of hydrogen-bond donors (Lipinski definition) is 2. The number of esters is 1. The molecule has 0 radical (unpaired) electrons. The minimum atomic E-state index is -0.966. The minimum Gasteiger partial charge on any atom is -0.491 e. The number of benzene rings is 2. The van der Waals surface area contributed by atoms with E-state index in [2.05, 4.69) is 5.32 Å². The SMILES string of the molecule is CCOC(=O)/C(C)=C/CC[C@H](OC)[C@@H](OC(=O)Nc1ccc(F)cc1F)c1ccc(OCCO)cc1. The summed E-state index contributed by atoms with van der Waals surface area (Å²) < 4.78 is 48.7. The van der Waals surface area contributed by atoms with Crippen molar-refractivity contribution >= 4 is 17.7 Å². The van der Waals surface area contributed by atoms with Crippen molar-refractivity contribution in [1.29, 1.82) is 0 Å². The van der Waals surface area contributed by atoms with E-state index in [9.17, 15) is 18.4 Å². The molecular formula is C26H31F2NO7. The summed E-state index contributed by atoms with van der Waals surface area (Å²) in [6.45, 7) is 3.61. The molecule has 0 fully saturated rings. The molecule has 2 atom stereocenters. The summed E-state index contributed by atoms with van der Waals surface area (Å²) in [5, 5.41) is 11.2. The maximum Gasteiger partial charge on any atom is 0.412 e. The monoisotopic (exact) mass is 507 g/mol. The third kappa shape index (κ3) is 8.94. The quantitative estimate of drug-likeness (QED) is 0.293. The molecule has 0 saturated heterocycles. The van der Waals surface area contributed by atoms with E-state index in [1.807, 2.05) is 0 Å². The lowest BCUT2D eigenvalue weighted by atomic mass is 9.99. The zero-order chi connectivity index (χ0) is 26.5. The second kappa shape index (κ2) is 14.8. The van der Waals surface area contributed by atoms with Crippen LogP contribution in [-0.4, -0.2) is 50.2 Å². The van der Waals surface area contributed by atoms with Crippen molar-refractivity contribution in [1.82, 2.24) is 0 Å². The lowest BCUT2D eigenvalue weighted by Gasteiger charge is -2.26. The van der Waals surface area contributed by atoms with E-state index in [0.717, 1.165) is 12.1 Å². The number of hydrogen-bond acceptors (Lipinski definition) is 7. The van der Waals surface area contributed by atoms with Crippen LogP contribution in [0.15, 0.2) is 54.1 Å². The first kappa shape index (κ1) is 28.7. The first-order valence-electron chi connectivity index (χ1n) is 11.4. The molecule has 10 heteroatoms. The number of amides is 1. The fourth-order valence-corrected chi connectivity index (χ4v) is 3.31. The Bertz CT molecular complexity index is 1030. The van der Waals surface area contributed by atoms with Gasteiger partial charge in [0.25, 0.3) is 0 Å². The van der Waals surface area contributed by atoms with Crippen molar-refractivity contribution in [3.63, 3.8) is 0 Å². The van der Waals surface area contributed by atoms with Gasteiger partial charge in [-0.2, -0.15) is 0 Å². The summed E-state index contributed by atoms with van der Waals surface area (Å²) in [5.74, 6) is -1.64. The summed E-state index contributed by atoms with van der Waals surface area (Å²) in [6.07, 6.45) is -0.00773. The molecule has 8 nitrogen and oxygen atoms in total. The van der Waals surface area contributed by atoms with Gasteiger partial charge in [-0.05, 0) is 56.5 Å². The predicted molar refractivity (Wildman–Crippen MR) is 129 cm³/mol. The van der Waals surface area contributed by atoms with Gasteiger partial charge in [0.15, 0.2) is 6.10 Å². The molecule has 0 spiro atoms. The van der Waals surface area contributed by atoms with Gasteiger partial charge in [-0.15, -0.1) is 0 Å². The van der Waals surface area contributed by atoms with Gasteiger partial charge in [0.2, 0.25) is 0 Å². The number of nitrogens with one attached hydrogen (secondary N) is 1. The Kier molecular flexibility index (Phi) is 11.8. The molecule has 0 unspecified atom stereocenters. The molecule has 1 amide bonds. The van der Waals surface area contributed by atoms with Gasteiger partial charge in [0.1, 0.15) is 24.0 Å². The van der Waals surface area contributed by atoms with E-state index in [4.69, 9.17) is 24.1 Å². The highest BCUT2D eigenvalue weighted by Gasteiger charge is 2.27. The number of aliphatic hydroxyl groups excluding tert-OH is 1. The minimum absolute atomic E-state index is 0.123. The van der Waals surface area contributed by atoms with Crippen LogP contribution in [-0.2, 0) is 19.0 Å². The van der Waals surface area contributed by atoms with Crippen LogP contribution in [0.2, 0.25) is 0 Å². The van der Waals surface area contributed by atoms with Gasteiger partial charge in [0, 0.05) is 18.7 Å². The molecule has 2 aromatic rings. The fourth-order valence-electron chi connectivity index (χ4n) is 3.31. The second-order valence-corrected chi connectivity index (χ2v) is 7.68. The average Bonchev–Trinajstić information content (AvgIpc) is 2.86. The van der Waals surface area contributed by atoms with Gasteiger partial charge >= 0.3 is 12.1 Å². The summed E-state index contributed by atoms with van der Waals surface area (Å²) in [6, 6.07) is 9.40. The van der Waals surface area contributed by atoms with Gasteiger partial charge in [-0.1, -0.05) is 18.2 Å². The average molecular weight is 508 g/mol. The third-order valence-corrected chi connectivity index (χ3v) is 5.11. The molecule has 0 aliphatic rings. The molecule has 0 aliphatic carbocycles. The molecule has 2 rings (SSSR count). The van der Waals surface area contributed by atoms with Crippen molar-refractivity contribution < 1.29 is 42.4 Å². The van der Waals surface area contributed by atoms with E-state index in [1.54, 1.807) is 44.2 Å². The molecule has 196 valence electrons. The smallest absolute Gasteiger partial charge is 0.412 e. The van der Waals surface area contributed by atoms with Crippen LogP contribution < -0.4 is 10.1 Å². The van der Waals surface area contributed by atoms with Gasteiger partial charge < -0.3 is 24.1 Å². The summed E-state index contributed by atoms with van der Waals surface area (Å²) in [7, 11) is 1.46. The highest BCUT2D eigenvalue weighted by atomic mass is 19.1. The number of aliphatic hydroxyl groups is 1. The Morgan fingerprint density at radius 3 is 2.47 bits per heavy atom. The number of rotatable bonds is 13. The Labute approximate surface area is 208 Å². The number of anilines is 1. The molecular weight excluding hydrogens is 476 g/mol. The van der Waals surface area contributed by atoms with Gasteiger partial charge in [-0.25, -0.2) is 18.4 Å². The second-order valence-electron chi connectivity index (χ2n) is 7.68. The highest BCUT2D eigenvalue weighted by molar-refractivity contribution is 5.87. The molecule has 2 aromatic carbocycles. The van der Waals surface area contributed by atoms with Crippen LogP contribution in [0.25, 0.3) is 0 Å². The number of allylic oxidation sites excluding steroid dienone is 1. The van der Waals surface area contributed by atoms with Crippen LogP contribution in [0, 0.1) is 11.6 Å². The lowest BCUT2D eigenvalue weighted by Crippen LogP contribution is -2.28. The van der Waals surface area contributed by atoms with Crippen molar-refractivity contribution in [2.45, 2.75) is 38.9 Å². The molecule has 0 bridgehead atoms. The Hall–Kier alpha value is -3.50. The number of carbonyl (C=O) groups excluding carboxylic acids is 2. The topological polar surface area (TPSA) is 103 Å². The molecule has 2 N–H and O–H groups in total. The molecule has 0 aliphatic heterocycles. The van der Waals surface area contributed by atoms with E-state index >= 15 is 0 Å². The van der Waals surface area contributed by atoms with Crippen molar-refractivity contribution in [3.05, 3.63) is 71.3 Å². The van der Waals surface area contributed by atoms with Crippen molar-refractivity contribution in [3.8, 4) is 5.75 Å². The maximum absolute atomic E-state index is 14.0. The van der Waals surface area contributed by atoms with Crippen LogP contribution in [0.4, 0.5) is 19.3 Å². The Balaban J connectivity index is 2.21. The summed E-state index contributed by atoms with van der Waals surface area (Å²) in [4.78, 5) is 24.5. The number of halogens is 2. The van der Waals surface area contributed by atoms with Gasteiger partial charge in [-0.3, -0.25) is 5.32 Å². The number of carbonyl (C=O) groups is 2. The number of ether oxygens (including phenoxy) is 4. The standard InChI is InChI=1S/C26H31F2NO7/c1-4-34-25(31)17(2)6-5-7-23(33-3)24(18-8-11-20(12-9-18)35-15-14-30)36-26(32)29-22-13-10-19(27)16-21(22)28/h6,8-13,16,23-24,30H,4-5,7,14-15H2,1-3H3,(H,29,32)/b17-6+/t23-,24-/m0/s1. The predicted octanol–water partition coefficient (Wildman–Crippen LogP) is 4.93. The normalized spacial score (nSPS) is 13.0. The Morgan fingerprint density at radius 1 is 1.14 bits per heavy atom. The molecule has 0 aromatic heterocycles. The third-order valence-electron chi connectivity index (χ3n) is 5.11. The zero-order valence-electron chi connectivity index (χ0n) is 20.5. The highest BCUT2D eigenvalue weighted by Crippen LogP contribution is 2.29. The van der Waals surface area contributed by atoms with Crippen LogP contribution >= 0.6 is 0 Å². The zero-order valence-corrected chi connectivity index (χ0v) is 20.5. The van der Waals surface area contributed by atoms with Crippen molar-refractivity contribution in [2.75, 3.05) is 32.2 Å².